The standard InChI is InChI=1S/C19H29N7O.HI/c1-5-20-19(22-13-17-23-14-24-25(17)4)21-12-15-8-10-16(11-9-15)18(27)26(6-2)7-3;/h8-11,14H,5-7,12-13H2,1-4H3,(H2,20,21,22);1H. The Morgan fingerprint density at radius 3 is 2.36 bits per heavy atom. The summed E-state index contributed by atoms with van der Waals surface area (Å²) in [6.45, 7) is 9.25. The lowest BCUT2D eigenvalue weighted by atomic mass is 10.1. The summed E-state index contributed by atoms with van der Waals surface area (Å²) >= 11 is 0. The van der Waals surface area contributed by atoms with Crippen LogP contribution in [0.2, 0.25) is 0 Å². The minimum absolute atomic E-state index is 0. The van der Waals surface area contributed by atoms with E-state index in [4.69, 9.17) is 0 Å². The molecule has 0 saturated carbocycles. The van der Waals surface area contributed by atoms with Gasteiger partial charge in [-0.2, -0.15) is 5.10 Å². The van der Waals surface area contributed by atoms with E-state index in [9.17, 15) is 4.79 Å². The van der Waals surface area contributed by atoms with E-state index >= 15 is 0 Å². The summed E-state index contributed by atoms with van der Waals surface area (Å²) < 4.78 is 1.72. The molecule has 0 aliphatic heterocycles. The van der Waals surface area contributed by atoms with E-state index in [1.807, 2.05) is 57.0 Å². The molecule has 1 amide bonds. The smallest absolute Gasteiger partial charge is 0.253 e. The van der Waals surface area contributed by atoms with Crippen LogP contribution in [0.1, 0.15) is 42.5 Å². The Labute approximate surface area is 183 Å². The summed E-state index contributed by atoms with van der Waals surface area (Å²) in [6.07, 6.45) is 1.53. The number of nitrogens with one attached hydrogen (secondary N) is 2. The van der Waals surface area contributed by atoms with Crippen LogP contribution in [0.15, 0.2) is 35.6 Å². The molecule has 1 heterocycles. The highest BCUT2D eigenvalue weighted by molar-refractivity contribution is 14.0. The van der Waals surface area contributed by atoms with Gasteiger partial charge < -0.3 is 15.5 Å². The van der Waals surface area contributed by atoms with Crippen molar-refractivity contribution in [3.8, 4) is 0 Å². The van der Waals surface area contributed by atoms with Gasteiger partial charge in [-0.1, -0.05) is 12.1 Å². The zero-order chi connectivity index (χ0) is 19.6. The van der Waals surface area contributed by atoms with E-state index < -0.39 is 0 Å². The molecule has 2 rings (SSSR count). The Kier molecular flexibility index (Phi) is 10.5. The summed E-state index contributed by atoms with van der Waals surface area (Å²) in [4.78, 5) is 23.0. The van der Waals surface area contributed by atoms with Crippen molar-refractivity contribution in [3.63, 3.8) is 0 Å². The minimum atomic E-state index is 0. The Morgan fingerprint density at radius 1 is 1.14 bits per heavy atom. The van der Waals surface area contributed by atoms with Crippen molar-refractivity contribution in [2.24, 2.45) is 12.0 Å². The number of aliphatic imine (C=N–C) groups is 1. The van der Waals surface area contributed by atoms with Crippen LogP contribution in [-0.4, -0.2) is 51.2 Å². The molecule has 154 valence electrons. The number of amides is 1. The first-order chi connectivity index (χ1) is 13.1. The number of nitrogens with zero attached hydrogens (tertiary/aromatic N) is 5. The van der Waals surface area contributed by atoms with Gasteiger partial charge in [0, 0.05) is 32.2 Å². The predicted octanol–water partition coefficient (Wildman–Crippen LogP) is 2.17. The van der Waals surface area contributed by atoms with Crippen LogP contribution in [0.4, 0.5) is 0 Å². The summed E-state index contributed by atoms with van der Waals surface area (Å²) in [5, 5.41) is 10.5. The highest BCUT2D eigenvalue weighted by Gasteiger charge is 2.11. The van der Waals surface area contributed by atoms with Crippen molar-refractivity contribution in [1.82, 2.24) is 30.3 Å². The maximum Gasteiger partial charge on any atom is 0.253 e. The highest BCUT2D eigenvalue weighted by atomic mass is 127. The normalized spacial score (nSPS) is 10.9. The number of benzene rings is 1. The van der Waals surface area contributed by atoms with Gasteiger partial charge in [0.25, 0.3) is 5.91 Å². The molecule has 2 aromatic rings. The number of hydrogen-bond donors (Lipinski definition) is 2. The molecule has 0 unspecified atom stereocenters. The minimum Gasteiger partial charge on any atom is -0.357 e. The van der Waals surface area contributed by atoms with Gasteiger partial charge in [0.15, 0.2) is 5.96 Å². The van der Waals surface area contributed by atoms with Crippen molar-refractivity contribution in [2.45, 2.75) is 33.9 Å². The lowest BCUT2D eigenvalue weighted by Crippen LogP contribution is -2.37. The molecular formula is C19H30IN7O. The van der Waals surface area contributed by atoms with Crippen molar-refractivity contribution in [2.75, 3.05) is 19.6 Å². The Bertz CT molecular complexity index is 754. The maximum absolute atomic E-state index is 12.4. The second-order valence-corrected chi connectivity index (χ2v) is 6.02. The SMILES string of the molecule is CCNC(=NCc1ccc(C(=O)N(CC)CC)cc1)NCc1ncnn1C.I. The van der Waals surface area contributed by atoms with E-state index in [1.54, 1.807) is 4.68 Å². The lowest BCUT2D eigenvalue weighted by Gasteiger charge is -2.18. The van der Waals surface area contributed by atoms with E-state index in [-0.39, 0.29) is 29.9 Å². The number of carbonyl (C=O) groups is 1. The number of rotatable bonds is 8. The van der Waals surface area contributed by atoms with Crippen LogP contribution in [0.5, 0.6) is 0 Å². The first-order valence-corrected chi connectivity index (χ1v) is 9.32. The van der Waals surface area contributed by atoms with Gasteiger partial charge in [0.1, 0.15) is 12.2 Å². The molecule has 8 nitrogen and oxygen atoms in total. The summed E-state index contributed by atoms with van der Waals surface area (Å²) in [7, 11) is 1.86. The predicted molar refractivity (Wildman–Crippen MR) is 122 cm³/mol. The van der Waals surface area contributed by atoms with E-state index in [1.165, 1.54) is 6.33 Å². The maximum atomic E-state index is 12.4. The van der Waals surface area contributed by atoms with Crippen molar-refractivity contribution < 1.29 is 4.79 Å². The van der Waals surface area contributed by atoms with Gasteiger partial charge in [-0.25, -0.2) is 9.98 Å². The molecule has 0 spiro atoms. The van der Waals surface area contributed by atoms with Gasteiger partial charge in [-0.15, -0.1) is 24.0 Å². The number of aromatic nitrogens is 3. The zero-order valence-electron chi connectivity index (χ0n) is 17.0. The molecule has 9 heteroatoms. The van der Waals surface area contributed by atoms with Gasteiger partial charge >= 0.3 is 0 Å². The monoisotopic (exact) mass is 499 g/mol. The third kappa shape index (κ3) is 6.77. The van der Waals surface area contributed by atoms with Gasteiger partial charge in [0.2, 0.25) is 0 Å². The first-order valence-electron chi connectivity index (χ1n) is 9.32. The number of halogens is 1. The van der Waals surface area contributed by atoms with Gasteiger partial charge in [-0.05, 0) is 38.5 Å². The number of guanidine groups is 1. The summed E-state index contributed by atoms with van der Waals surface area (Å²) in [6, 6.07) is 7.63. The fraction of sp³-hybridized carbons (Fsp3) is 0.474. The summed E-state index contributed by atoms with van der Waals surface area (Å²) in [5.41, 5.74) is 1.75. The second kappa shape index (κ2) is 12.3. The van der Waals surface area contributed by atoms with Crippen LogP contribution < -0.4 is 10.6 Å². The van der Waals surface area contributed by atoms with Gasteiger partial charge in [0.05, 0.1) is 13.1 Å². The number of carbonyl (C=O) groups excluding carboxylic acids is 1. The molecule has 0 fully saturated rings. The number of hydrogen-bond acceptors (Lipinski definition) is 4. The van der Waals surface area contributed by atoms with Crippen LogP contribution in [0.25, 0.3) is 0 Å². The highest BCUT2D eigenvalue weighted by Crippen LogP contribution is 2.09. The average molecular weight is 499 g/mol. The van der Waals surface area contributed by atoms with E-state index in [2.05, 4.69) is 25.7 Å². The van der Waals surface area contributed by atoms with Crippen molar-refractivity contribution in [1.29, 1.82) is 0 Å². The quantitative estimate of drug-likeness (QED) is 0.330. The summed E-state index contributed by atoms with van der Waals surface area (Å²) in [5.74, 6) is 1.61. The topological polar surface area (TPSA) is 87.4 Å². The molecule has 1 aromatic heterocycles. The molecule has 0 atom stereocenters. The number of aryl methyl sites for hydroxylation is 1. The molecular weight excluding hydrogens is 469 g/mol. The molecule has 0 radical (unpaired) electrons. The van der Waals surface area contributed by atoms with Crippen molar-refractivity contribution in [3.05, 3.63) is 47.5 Å². The molecule has 0 aliphatic rings. The Balaban J connectivity index is 0.00000392. The van der Waals surface area contributed by atoms with Crippen molar-refractivity contribution >= 4 is 35.8 Å². The van der Waals surface area contributed by atoms with Crippen LogP contribution >= 0.6 is 24.0 Å². The lowest BCUT2D eigenvalue weighted by molar-refractivity contribution is 0.0773. The third-order valence-electron chi connectivity index (χ3n) is 4.23. The van der Waals surface area contributed by atoms with E-state index in [0.29, 0.717) is 37.7 Å². The largest absolute Gasteiger partial charge is 0.357 e. The molecule has 0 aliphatic carbocycles. The Hall–Kier alpha value is -2.17. The van der Waals surface area contributed by atoms with E-state index in [0.717, 1.165) is 17.9 Å². The fourth-order valence-corrected chi connectivity index (χ4v) is 2.60. The van der Waals surface area contributed by atoms with Gasteiger partial charge in [-0.3, -0.25) is 9.48 Å². The fourth-order valence-electron chi connectivity index (χ4n) is 2.60. The first kappa shape index (κ1) is 23.9. The molecule has 0 bridgehead atoms. The second-order valence-electron chi connectivity index (χ2n) is 6.02. The van der Waals surface area contributed by atoms with Crippen LogP contribution in [0, 0.1) is 0 Å². The molecule has 28 heavy (non-hydrogen) atoms. The molecule has 1 aromatic carbocycles. The third-order valence-corrected chi connectivity index (χ3v) is 4.23. The Morgan fingerprint density at radius 2 is 1.82 bits per heavy atom. The van der Waals surface area contributed by atoms with Crippen LogP contribution in [0.3, 0.4) is 0 Å². The zero-order valence-corrected chi connectivity index (χ0v) is 19.3. The van der Waals surface area contributed by atoms with Crippen LogP contribution in [-0.2, 0) is 20.1 Å². The average Bonchev–Trinajstić information content (AvgIpc) is 3.10. The molecule has 2 N–H and O–H groups in total. The molecule has 0 saturated heterocycles.